The normalized spacial score (nSPS) is 12.4. The van der Waals surface area contributed by atoms with Crippen molar-refractivity contribution >= 4 is 0 Å². The van der Waals surface area contributed by atoms with Crippen LogP contribution in [0, 0.1) is 6.92 Å². The fraction of sp³-hybridized carbons (Fsp3) is 0.588. The Bertz CT molecular complexity index is 208. The number of hydrogen-bond donors (Lipinski definition) is 0. The van der Waals surface area contributed by atoms with E-state index in [0.717, 1.165) is 19.3 Å². The second kappa shape index (κ2) is 15.2. The van der Waals surface area contributed by atoms with Crippen molar-refractivity contribution in [3.05, 3.63) is 43.4 Å². The number of allylic oxidation sites excluding steroid dienone is 6. The summed E-state index contributed by atoms with van der Waals surface area (Å²) in [5.41, 5.74) is 0. The third-order valence-corrected chi connectivity index (χ3v) is 2.68. The van der Waals surface area contributed by atoms with E-state index in [1.165, 1.54) is 38.5 Å². The van der Waals surface area contributed by atoms with Crippen LogP contribution in [-0.4, -0.2) is 0 Å². The van der Waals surface area contributed by atoms with Gasteiger partial charge in [0.25, 0.3) is 0 Å². The van der Waals surface area contributed by atoms with E-state index < -0.39 is 0 Å². The van der Waals surface area contributed by atoms with Gasteiger partial charge in [0.15, 0.2) is 0 Å². The molecule has 0 aromatic heterocycles. The summed E-state index contributed by atoms with van der Waals surface area (Å²) in [6.07, 6.45) is 24.5. The molecule has 17 heavy (non-hydrogen) atoms. The Balaban J connectivity index is 3.21. The van der Waals surface area contributed by atoms with Gasteiger partial charge in [0.1, 0.15) is 0 Å². The Morgan fingerprint density at radius 2 is 1.47 bits per heavy atom. The minimum absolute atomic E-state index is 1.06. The fourth-order valence-electron chi connectivity index (χ4n) is 1.64. The molecule has 0 bridgehead atoms. The predicted molar refractivity (Wildman–Crippen MR) is 80.0 cm³/mol. The van der Waals surface area contributed by atoms with Crippen LogP contribution in [0.1, 0.15) is 64.7 Å². The van der Waals surface area contributed by atoms with E-state index in [2.05, 4.69) is 50.3 Å². The number of rotatable bonds is 11. The maximum absolute atomic E-state index is 3.86. The van der Waals surface area contributed by atoms with Gasteiger partial charge >= 0.3 is 0 Å². The molecule has 0 spiro atoms. The van der Waals surface area contributed by atoms with E-state index in [1.54, 1.807) is 0 Å². The lowest BCUT2D eigenvalue weighted by Crippen LogP contribution is -1.77. The van der Waals surface area contributed by atoms with Crippen LogP contribution in [0.5, 0.6) is 0 Å². The van der Waals surface area contributed by atoms with E-state index in [-0.39, 0.29) is 0 Å². The Kier molecular flexibility index (Phi) is 14.5. The number of hydrogen-bond acceptors (Lipinski definition) is 0. The highest BCUT2D eigenvalue weighted by molar-refractivity contribution is 5.04. The molecule has 0 aromatic carbocycles. The second-order valence-corrected chi connectivity index (χ2v) is 4.38. The molecule has 0 heteroatoms. The van der Waals surface area contributed by atoms with E-state index in [9.17, 15) is 0 Å². The zero-order chi connectivity index (χ0) is 12.6. The first-order valence-electron chi connectivity index (χ1n) is 7.17. The van der Waals surface area contributed by atoms with E-state index in [0.29, 0.717) is 0 Å². The van der Waals surface area contributed by atoms with Crippen molar-refractivity contribution in [1.29, 1.82) is 0 Å². The van der Waals surface area contributed by atoms with Gasteiger partial charge in [-0.25, -0.2) is 0 Å². The third-order valence-electron chi connectivity index (χ3n) is 2.68. The van der Waals surface area contributed by atoms with Crippen molar-refractivity contribution < 1.29 is 0 Å². The maximum atomic E-state index is 3.86. The molecular formula is C17H29. The minimum atomic E-state index is 1.06. The summed E-state index contributed by atoms with van der Waals surface area (Å²) < 4.78 is 0. The zero-order valence-electron chi connectivity index (χ0n) is 11.5. The van der Waals surface area contributed by atoms with Crippen molar-refractivity contribution in [3.63, 3.8) is 0 Å². The van der Waals surface area contributed by atoms with E-state index >= 15 is 0 Å². The lowest BCUT2D eigenvalue weighted by atomic mass is 10.1. The highest BCUT2D eigenvalue weighted by Gasteiger charge is 1.87. The van der Waals surface area contributed by atoms with E-state index in [4.69, 9.17) is 0 Å². The SMILES string of the molecule is [CH2]CCCCCCC/C=C/C=C/C/C=C/CC. The molecule has 0 saturated carbocycles. The molecule has 0 aliphatic rings. The van der Waals surface area contributed by atoms with Gasteiger partial charge in [-0.2, -0.15) is 0 Å². The smallest absolute Gasteiger partial charge is 0.0166 e. The molecular weight excluding hydrogens is 204 g/mol. The van der Waals surface area contributed by atoms with Crippen LogP contribution in [0.2, 0.25) is 0 Å². The van der Waals surface area contributed by atoms with Crippen LogP contribution in [0.4, 0.5) is 0 Å². The highest BCUT2D eigenvalue weighted by atomic mass is 13.9. The first-order valence-corrected chi connectivity index (χ1v) is 7.17. The molecule has 97 valence electrons. The maximum Gasteiger partial charge on any atom is -0.0166 e. The molecule has 0 unspecified atom stereocenters. The fourth-order valence-corrected chi connectivity index (χ4v) is 1.64. The van der Waals surface area contributed by atoms with E-state index in [1.807, 2.05) is 0 Å². The summed E-state index contributed by atoms with van der Waals surface area (Å²) in [6.45, 7) is 6.02. The molecule has 0 aliphatic heterocycles. The third kappa shape index (κ3) is 15.2. The zero-order valence-corrected chi connectivity index (χ0v) is 11.5. The molecule has 0 aliphatic carbocycles. The molecule has 0 heterocycles. The first kappa shape index (κ1) is 16.2. The van der Waals surface area contributed by atoms with Crippen molar-refractivity contribution in [1.82, 2.24) is 0 Å². The topological polar surface area (TPSA) is 0 Å². The van der Waals surface area contributed by atoms with Gasteiger partial charge < -0.3 is 0 Å². The lowest BCUT2D eigenvalue weighted by Gasteiger charge is -1.97. The summed E-state index contributed by atoms with van der Waals surface area (Å²) in [5, 5.41) is 0. The minimum Gasteiger partial charge on any atom is -0.0885 e. The summed E-state index contributed by atoms with van der Waals surface area (Å²) in [4.78, 5) is 0. The van der Waals surface area contributed by atoms with Crippen molar-refractivity contribution in [2.45, 2.75) is 64.7 Å². The lowest BCUT2D eigenvalue weighted by molar-refractivity contribution is 0.621. The van der Waals surface area contributed by atoms with Gasteiger partial charge in [-0.1, -0.05) is 82.4 Å². The van der Waals surface area contributed by atoms with Crippen LogP contribution >= 0.6 is 0 Å². The van der Waals surface area contributed by atoms with Crippen molar-refractivity contribution in [2.24, 2.45) is 0 Å². The molecule has 0 saturated heterocycles. The molecule has 0 N–H and O–H groups in total. The predicted octanol–water partition coefficient (Wildman–Crippen LogP) is 6.02. The highest BCUT2D eigenvalue weighted by Crippen LogP contribution is 2.06. The van der Waals surface area contributed by atoms with Crippen molar-refractivity contribution in [3.8, 4) is 0 Å². The van der Waals surface area contributed by atoms with Gasteiger partial charge in [0, 0.05) is 0 Å². The Hall–Kier alpha value is -0.780. The average molecular weight is 233 g/mol. The van der Waals surface area contributed by atoms with Gasteiger partial charge in [-0.15, -0.1) is 0 Å². The van der Waals surface area contributed by atoms with Gasteiger partial charge in [-0.3, -0.25) is 0 Å². The van der Waals surface area contributed by atoms with Gasteiger partial charge in [0.2, 0.25) is 0 Å². The second-order valence-electron chi connectivity index (χ2n) is 4.38. The molecule has 0 rings (SSSR count). The van der Waals surface area contributed by atoms with Crippen LogP contribution in [0.15, 0.2) is 36.5 Å². The molecule has 0 aromatic rings. The largest absolute Gasteiger partial charge is 0.0885 e. The molecule has 0 fully saturated rings. The average Bonchev–Trinajstić information content (AvgIpc) is 2.35. The summed E-state index contributed by atoms with van der Waals surface area (Å²) >= 11 is 0. The Labute approximate surface area is 109 Å². The van der Waals surface area contributed by atoms with Crippen LogP contribution < -0.4 is 0 Å². The van der Waals surface area contributed by atoms with Gasteiger partial charge in [0.05, 0.1) is 0 Å². The number of unbranched alkanes of at least 4 members (excludes halogenated alkanes) is 6. The van der Waals surface area contributed by atoms with Crippen molar-refractivity contribution in [2.75, 3.05) is 0 Å². The van der Waals surface area contributed by atoms with Crippen LogP contribution in [0.3, 0.4) is 0 Å². The summed E-state index contributed by atoms with van der Waals surface area (Å²) in [5.74, 6) is 0. The van der Waals surface area contributed by atoms with Crippen LogP contribution in [-0.2, 0) is 0 Å². The monoisotopic (exact) mass is 233 g/mol. The molecule has 0 atom stereocenters. The Morgan fingerprint density at radius 1 is 0.765 bits per heavy atom. The molecule has 1 radical (unpaired) electrons. The van der Waals surface area contributed by atoms with Gasteiger partial charge in [-0.05, 0) is 25.7 Å². The van der Waals surface area contributed by atoms with Crippen LogP contribution in [0.25, 0.3) is 0 Å². The summed E-state index contributed by atoms with van der Waals surface area (Å²) in [6, 6.07) is 0. The molecule has 0 nitrogen and oxygen atoms in total. The standard InChI is InChI=1S/C17H29/c1-3-5-7-9-11-13-15-17-16-14-12-10-8-6-4-2/h6,8,12,14,16-17H,1,3-5,7,9-11,13,15H2,2H3/b8-6+,14-12+,17-16+. The quantitative estimate of drug-likeness (QED) is 0.232. The molecule has 0 amide bonds. The summed E-state index contributed by atoms with van der Waals surface area (Å²) in [7, 11) is 0. The Morgan fingerprint density at radius 3 is 2.24 bits per heavy atom. The first-order chi connectivity index (χ1) is 8.41.